The van der Waals surface area contributed by atoms with Crippen molar-refractivity contribution >= 4 is 29.4 Å². The normalized spacial score (nSPS) is 11.6. The van der Waals surface area contributed by atoms with Crippen molar-refractivity contribution in [3.63, 3.8) is 0 Å². The Labute approximate surface area is 165 Å². The Morgan fingerprint density at radius 2 is 2.00 bits per heavy atom. The molecule has 0 fully saturated rings. The number of hydrogen-bond donors (Lipinski definition) is 1. The van der Waals surface area contributed by atoms with Crippen molar-refractivity contribution < 1.29 is 9.53 Å². The van der Waals surface area contributed by atoms with Gasteiger partial charge in [-0.3, -0.25) is 18.7 Å². The molecule has 1 amide bonds. The largest absolute Gasteiger partial charge is 0.496 e. The van der Waals surface area contributed by atoms with Crippen molar-refractivity contribution in [2.45, 2.75) is 6.54 Å². The van der Waals surface area contributed by atoms with Gasteiger partial charge in [0.05, 0.1) is 13.4 Å². The molecule has 1 N–H and O–H groups in total. The molecule has 0 aliphatic carbocycles. The molecule has 10 heteroatoms. The maximum absolute atomic E-state index is 12.4. The number of nitrogens with one attached hydrogen (secondary N) is 1. The van der Waals surface area contributed by atoms with Gasteiger partial charge in [-0.1, -0.05) is 18.2 Å². The van der Waals surface area contributed by atoms with Gasteiger partial charge in [0.1, 0.15) is 12.3 Å². The van der Waals surface area contributed by atoms with Crippen molar-refractivity contribution in [2.75, 3.05) is 7.11 Å². The maximum atomic E-state index is 12.4. The molecule has 3 rings (SSSR count). The van der Waals surface area contributed by atoms with Crippen LogP contribution in [-0.4, -0.2) is 37.9 Å². The average molecular weight is 396 g/mol. The zero-order chi connectivity index (χ0) is 21.0. The van der Waals surface area contributed by atoms with E-state index in [1.165, 1.54) is 35.8 Å². The second-order valence-electron chi connectivity index (χ2n) is 6.16. The standard InChI is InChI=1S/C19H20N6O4/c1-23-17-16(18(27)24(2)19(23)28)25(12-20-17)11-15(26)22-21-10-6-8-13-7-4-5-9-14(13)29-3/h4-10,12H,11H2,1-3H3,(H,22,26)/b8-6+,21-10+. The first-order valence-corrected chi connectivity index (χ1v) is 8.66. The number of hydrazone groups is 1. The molecule has 2 heterocycles. The van der Waals surface area contributed by atoms with Crippen molar-refractivity contribution in [2.24, 2.45) is 19.2 Å². The summed E-state index contributed by atoms with van der Waals surface area (Å²) < 4.78 is 8.85. The summed E-state index contributed by atoms with van der Waals surface area (Å²) in [5.41, 5.74) is 2.64. The van der Waals surface area contributed by atoms with Crippen molar-refractivity contribution in [1.29, 1.82) is 0 Å². The zero-order valence-electron chi connectivity index (χ0n) is 16.2. The highest BCUT2D eigenvalue weighted by atomic mass is 16.5. The zero-order valence-corrected chi connectivity index (χ0v) is 16.2. The van der Waals surface area contributed by atoms with E-state index in [2.05, 4.69) is 15.5 Å². The number of carbonyl (C=O) groups excluding carboxylic acids is 1. The van der Waals surface area contributed by atoms with Crippen LogP contribution < -0.4 is 21.4 Å². The lowest BCUT2D eigenvalue weighted by Crippen LogP contribution is -2.38. The Balaban J connectivity index is 1.69. The molecular formula is C19H20N6O4. The molecule has 0 spiro atoms. The number of hydrogen-bond acceptors (Lipinski definition) is 6. The molecule has 2 aromatic heterocycles. The predicted octanol–water partition coefficient (Wildman–Crippen LogP) is 0.258. The number of benzene rings is 1. The highest BCUT2D eigenvalue weighted by Crippen LogP contribution is 2.18. The summed E-state index contributed by atoms with van der Waals surface area (Å²) in [6.07, 6.45) is 6.23. The van der Waals surface area contributed by atoms with Gasteiger partial charge in [0.15, 0.2) is 11.2 Å². The molecule has 10 nitrogen and oxygen atoms in total. The number of methoxy groups -OCH3 is 1. The van der Waals surface area contributed by atoms with Gasteiger partial charge in [0, 0.05) is 25.9 Å². The summed E-state index contributed by atoms with van der Waals surface area (Å²) in [6.45, 7) is -0.169. The lowest BCUT2D eigenvalue weighted by molar-refractivity contribution is -0.121. The van der Waals surface area contributed by atoms with E-state index in [1.807, 2.05) is 24.3 Å². The van der Waals surface area contributed by atoms with Crippen LogP contribution in [0.3, 0.4) is 0 Å². The second-order valence-corrected chi connectivity index (χ2v) is 6.16. The number of allylic oxidation sites excluding steroid dienone is 1. The number of nitrogens with zero attached hydrogens (tertiary/aromatic N) is 5. The van der Waals surface area contributed by atoms with Crippen LogP contribution in [-0.2, 0) is 25.4 Å². The van der Waals surface area contributed by atoms with E-state index in [0.29, 0.717) is 0 Å². The molecule has 0 saturated carbocycles. The van der Waals surface area contributed by atoms with Crippen LogP contribution in [0.25, 0.3) is 17.2 Å². The molecule has 0 unspecified atom stereocenters. The minimum absolute atomic E-state index is 0.169. The number of aromatic nitrogens is 4. The topological polar surface area (TPSA) is 113 Å². The fourth-order valence-corrected chi connectivity index (χ4v) is 2.81. The Morgan fingerprint density at radius 1 is 1.24 bits per heavy atom. The highest BCUT2D eigenvalue weighted by molar-refractivity contribution is 5.82. The quantitative estimate of drug-likeness (QED) is 0.474. The first-order valence-electron chi connectivity index (χ1n) is 8.66. The summed E-state index contributed by atoms with van der Waals surface area (Å²) >= 11 is 0. The molecule has 0 aliphatic heterocycles. The van der Waals surface area contributed by atoms with Gasteiger partial charge < -0.3 is 9.30 Å². The average Bonchev–Trinajstić information content (AvgIpc) is 3.14. The fourth-order valence-electron chi connectivity index (χ4n) is 2.81. The van der Waals surface area contributed by atoms with E-state index in [-0.39, 0.29) is 17.7 Å². The smallest absolute Gasteiger partial charge is 0.332 e. The third-order valence-corrected chi connectivity index (χ3v) is 4.30. The fraction of sp³-hybridized carbons (Fsp3) is 0.211. The summed E-state index contributed by atoms with van der Waals surface area (Å²) in [4.78, 5) is 40.5. The molecule has 0 radical (unpaired) electrons. The lowest BCUT2D eigenvalue weighted by atomic mass is 10.2. The minimum atomic E-state index is -0.517. The van der Waals surface area contributed by atoms with Crippen LogP contribution in [0.5, 0.6) is 5.75 Å². The number of carbonyl (C=O) groups is 1. The summed E-state index contributed by atoms with van der Waals surface area (Å²) in [6, 6.07) is 7.49. The molecule has 29 heavy (non-hydrogen) atoms. The third kappa shape index (κ3) is 4.00. The first kappa shape index (κ1) is 19.8. The van der Waals surface area contributed by atoms with E-state index >= 15 is 0 Å². The number of fused-ring (bicyclic) bond motifs is 1. The Bertz CT molecular complexity index is 1230. The molecule has 0 aliphatic rings. The number of para-hydroxylation sites is 1. The number of imidazole rings is 1. The molecule has 1 aromatic carbocycles. The van der Waals surface area contributed by atoms with Crippen LogP contribution in [0, 0.1) is 0 Å². The second kappa shape index (κ2) is 8.38. The van der Waals surface area contributed by atoms with Gasteiger partial charge >= 0.3 is 5.69 Å². The Hall–Kier alpha value is -3.95. The number of rotatable bonds is 6. The molecule has 150 valence electrons. The van der Waals surface area contributed by atoms with Crippen LogP contribution in [0.4, 0.5) is 0 Å². The monoisotopic (exact) mass is 396 g/mol. The highest BCUT2D eigenvalue weighted by Gasteiger charge is 2.15. The van der Waals surface area contributed by atoms with E-state index in [0.717, 1.165) is 15.9 Å². The van der Waals surface area contributed by atoms with Crippen molar-refractivity contribution in [3.8, 4) is 5.75 Å². The van der Waals surface area contributed by atoms with Gasteiger partial charge in [-0.2, -0.15) is 5.10 Å². The molecular weight excluding hydrogens is 376 g/mol. The molecule has 0 atom stereocenters. The van der Waals surface area contributed by atoms with Gasteiger partial charge in [0.2, 0.25) is 0 Å². The molecule has 0 bridgehead atoms. The van der Waals surface area contributed by atoms with Crippen molar-refractivity contribution in [1.82, 2.24) is 24.1 Å². The van der Waals surface area contributed by atoms with Gasteiger partial charge in [-0.15, -0.1) is 0 Å². The summed E-state index contributed by atoms with van der Waals surface area (Å²) in [7, 11) is 4.48. The summed E-state index contributed by atoms with van der Waals surface area (Å²) in [5.74, 6) is 0.284. The first-order chi connectivity index (χ1) is 13.9. The van der Waals surface area contributed by atoms with Gasteiger partial charge in [0.25, 0.3) is 11.5 Å². The number of ether oxygens (including phenoxy) is 1. The number of amides is 1. The maximum Gasteiger partial charge on any atom is 0.332 e. The third-order valence-electron chi connectivity index (χ3n) is 4.30. The molecule has 0 saturated heterocycles. The SMILES string of the molecule is COc1ccccc1/C=C/C=N/NC(=O)Cn1cnc2c1c(=O)n(C)c(=O)n2C. The van der Waals surface area contributed by atoms with E-state index < -0.39 is 17.2 Å². The van der Waals surface area contributed by atoms with E-state index in [1.54, 1.807) is 19.3 Å². The van der Waals surface area contributed by atoms with E-state index in [9.17, 15) is 14.4 Å². The van der Waals surface area contributed by atoms with Crippen molar-refractivity contribution in [3.05, 3.63) is 63.1 Å². The predicted molar refractivity (Wildman–Crippen MR) is 109 cm³/mol. The van der Waals surface area contributed by atoms with Gasteiger partial charge in [-0.25, -0.2) is 15.2 Å². The van der Waals surface area contributed by atoms with Crippen LogP contribution >= 0.6 is 0 Å². The van der Waals surface area contributed by atoms with Crippen LogP contribution in [0.2, 0.25) is 0 Å². The number of aryl methyl sites for hydroxylation is 1. The van der Waals surface area contributed by atoms with Crippen LogP contribution in [0.1, 0.15) is 5.56 Å². The van der Waals surface area contributed by atoms with E-state index in [4.69, 9.17) is 4.74 Å². The Kier molecular flexibility index (Phi) is 5.72. The lowest BCUT2D eigenvalue weighted by Gasteiger charge is -2.05. The van der Waals surface area contributed by atoms with Gasteiger partial charge in [-0.05, 0) is 18.2 Å². The Morgan fingerprint density at radius 3 is 2.76 bits per heavy atom. The summed E-state index contributed by atoms with van der Waals surface area (Å²) in [5, 5.41) is 3.85. The molecule has 3 aromatic rings. The minimum Gasteiger partial charge on any atom is -0.496 e. The van der Waals surface area contributed by atoms with Crippen LogP contribution in [0.15, 0.2) is 51.4 Å².